The molecule has 1 aliphatic heterocycles. The molecule has 0 unspecified atom stereocenters. The average molecular weight is 443 g/mol. The molecule has 3 N–H and O–H groups in total. The predicted octanol–water partition coefficient (Wildman–Crippen LogP) is 2.92. The molecular formula is C20H18F5N3O3. The first-order valence-electron chi connectivity index (χ1n) is 9.26. The lowest BCUT2D eigenvalue weighted by Crippen LogP contribution is -2.40. The highest BCUT2D eigenvalue weighted by Gasteiger charge is 2.39. The van der Waals surface area contributed by atoms with Crippen LogP contribution in [0, 0.1) is 11.6 Å². The van der Waals surface area contributed by atoms with Gasteiger partial charge in [0.15, 0.2) is 5.69 Å². The van der Waals surface area contributed by atoms with Gasteiger partial charge in [0.25, 0.3) is 0 Å². The summed E-state index contributed by atoms with van der Waals surface area (Å²) in [4.78, 5) is 28.5. The number of hydrogen-bond donors (Lipinski definition) is 2. The van der Waals surface area contributed by atoms with Gasteiger partial charge in [-0.05, 0) is 48.2 Å². The highest BCUT2D eigenvalue weighted by molar-refractivity contribution is 5.89. The minimum atomic E-state index is -4.97. The molecule has 0 fully saturated rings. The van der Waals surface area contributed by atoms with E-state index in [0.29, 0.717) is 5.56 Å². The molecule has 0 bridgehead atoms. The second kappa shape index (κ2) is 8.58. The lowest BCUT2D eigenvalue weighted by molar-refractivity contribution is -0.141. The third-order valence-corrected chi connectivity index (χ3v) is 4.96. The summed E-state index contributed by atoms with van der Waals surface area (Å²) < 4.78 is 66.6. The number of alkyl halides is 3. The molecule has 1 aromatic heterocycles. The normalized spacial score (nSPS) is 14.8. The number of nitrogens with zero attached hydrogens (tertiary/aromatic N) is 2. The number of nitrogens with two attached hydrogens (primary N) is 1. The molecule has 0 saturated heterocycles. The van der Waals surface area contributed by atoms with E-state index in [2.05, 4.69) is 4.98 Å². The minimum absolute atomic E-state index is 0.0157. The number of carbonyl (C=O) groups excluding carboxylic acids is 1. The first-order valence-corrected chi connectivity index (χ1v) is 9.26. The number of pyridine rings is 1. The number of fused-ring (bicyclic) bond motifs is 1. The Morgan fingerprint density at radius 1 is 1.23 bits per heavy atom. The first-order chi connectivity index (χ1) is 14.5. The maximum atomic E-state index is 13.8. The van der Waals surface area contributed by atoms with Crippen LogP contribution in [0.1, 0.15) is 39.3 Å². The van der Waals surface area contributed by atoms with Crippen LogP contribution in [-0.2, 0) is 30.4 Å². The van der Waals surface area contributed by atoms with Gasteiger partial charge in [-0.15, -0.1) is 0 Å². The average Bonchev–Trinajstić information content (AvgIpc) is 2.68. The topological polar surface area (TPSA) is 96.5 Å². The minimum Gasteiger partial charge on any atom is -0.478 e. The zero-order chi connectivity index (χ0) is 22.9. The Kier molecular flexibility index (Phi) is 6.25. The fraction of sp³-hybridized carbons (Fsp3) is 0.350. The number of hydrogen-bond acceptors (Lipinski definition) is 4. The standard InChI is InChI=1S/C20H18F5N3O3/c21-12-1-2-15(22)11(5-12)6-13(26)8-17(29)28-4-3-10-7-14(19(30)31)18(20(23,24)25)27-16(10)9-28/h1-2,5,7,13H,3-4,6,8-9,26H2,(H,30,31)/t13-/m0/s1. The lowest BCUT2D eigenvalue weighted by Gasteiger charge is -2.30. The summed E-state index contributed by atoms with van der Waals surface area (Å²) in [5.41, 5.74) is 3.73. The molecule has 0 spiro atoms. The highest BCUT2D eigenvalue weighted by atomic mass is 19.4. The van der Waals surface area contributed by atoms with Gasteiger partial charge in [-0.3, -0.25) is 4.79 Å². The Labute approximate surface area is 173 Å². The molecule has 31 heavy (non-hydrogen) atoms. The number of carboxylic acid groups (broad SMARTS) is 1. The Balaban J connectivity index is 1.73. The number of rotatable bonds is 5. The summed E-state index contributed by atoms with van der Waals surface area (Å²) in [6.45, 7) is -0.100. The molecule has 1 amide bonds. The van der Waals surface area contributed by atoms with Crippen molar-refractivity contribution in [3.05, 3.63) is 64.0 Å². The summed E-state index contributed by atoms with van der Waals surface area (Å²) >= 11 is 0. The predicted molar refractivity (Wildman–Crippen MR) is 98.0 cm³/mol. The smallest absolute Gasteiger partial charge is 0.434 e. The summed E-state index contributed by atoms with van der Waals surface area (Å²) in [5.74, 6) is -3.52. The SMILES string of the molecule is N[C@H](CC(=O)N1CCc2cc(C(=O)O)c(C(F)(F)F)nc2C1)Cc1cc(F)ccc1F. The van der Waals surface area contributed by atoms with Gasteiger partial charge in [-0.1, -0.05) is 0 Å². The highest BCUT2D eigenvalue weighted by Crippen LogP contribution is 2.33. The van der Waals surface area contributed by atoms with Crippen molar-refractivity contribution < 1.29 is 36.6 Å². The number of aromatic nitrogens is 1. The molecule has 1 aliphatic rings. The van der Waals surface area contributed by atoms with Crippen LogP contribution in [0.3, 0.4) is 0 Å². The van der Waals surface area contributed by atoms with Crippen LogP contribution in [0.25, 0.3) is 0 Å². The summed E-state index contributed by atoms with van der Waals surface area (Å²) in [7, 11) is 0. The lowest BCUT2D eigenvalue weighted by atomic mass is 9.99. The van der Waals surface area contributed by atoms with Crippen molar-refractivity contribution >= 4 is 11.9 Å². The van der Waals surface area contributed by atoms with Gasteiger partial charge in [0, 0.05) is 19.0 Å². The number of aromatic carboxylic acids is 1. The number of carbonyl (C=O) groups is 2. The van der Waals surface area contributed by atoms with Crippen molar-refractivity contribution in [1.82, 2.24) is 9.88 Å². The van der Waals surface area contributed by atoms with Crippen LogP contribution >= 0.6 is 0 Å². The van der Waals surface area contributed by atoms with Crippen LogP contribution < -0.4 is 5.73 Å². The summed E-state index contributed by atoms with van der Waals surface area (Å²) in [6.07, 6.45) is -5.17. The van der Waals surface area contributed by atoms with E-state index in [9.17, 15) is 31.5 Å². The molecule has 6 nitrogen and oxygen atoms in total. The van der Waals surface area contributed by atoms with Crippen molar-refractivity contribution in [3.63, 3.8) is 0 Å². The summed E-state index contributed by atoms with van der Waals surface area (Å²) in [5, 5.41) is 9.06. The molecule has 2 heterocycles. The van der Waals surface area contributed by atoms with Crippen LogP contribution in [0.2, 0.25) is 0 Å². The Bertz CT molecular complexity index is 1030. The van der Waals surface area contributed by atoms with E-state index in [4.69, 9.17) is 10.8 Å². The van der Waals surface area contributed by atoms with Crippen molar-refractivity contribution in [2.75, 3.05) is 6.54 Å². The second-order valence-corrected chi connectivity index (χ2v) is 7.26. The molecule has 2 aromatic rings. The van der Waals surface area contributed by atoms with Gasteiger partial charge >= 0.3 is 12.1 Å². The van der Waals surface area contributed by atoms with Gasteiger partial charge in [0.05, 0.1) is 17.8 Å². The van der Waals surface area contributed by atoms with Crippen molar-refractivity contribution in [2.24, 2.45) is 5.73 Å². The third-order valence-electron chi connectivity index (χ3n) is 4.96. The molecule has 0 radical (unpaired) electrons. The molecule has 11 heteroatoms. The third kappa shape index (κ3) is 5.16. The zero-order valence-electron chi connectivity index (χ0n) is 16.0. The Morgan fingerprint density at radius 3 is 2.58 bits per heavy atom. The second-order valence-electron chi connectivity index (χ2n) is 7.26. The van der Waals surface area contributed by atoms with Crippen LogP contribution in [-0.4, -0.2) is 39.5 Å². The van der Waals surface area contributed by atoms with E-state index in [1.165, 1.54) is 4.90 Å². The monoisotopic (exact) mass is 443 g/mol. The van der Waals surface area contributed by atoms with Gasteiger partial charge < -0.3 is 15.7 Å². The Morgan fingerprint density at radius 2 is 1.94 bits per heavy atom. The van der Waals surface area contributed by atoms with Gasteiger partial charge in [0.1, 0.15) is 11.6 Å². The number of carboxylic acids is 1. The zero-order valence-corrected chi connectivity index (χ0v) is 16.0. The first kappa shape index (κ1) is 22.6. The molecule has 1 aromatic carbocycles. The quantitative estimate of drug-likeness (QED) is 0.693. The van der Waals surface area contributed by atoms with Crippen molar-refractivity contribution in [1.29, 1.82) is 0 Å². The fourth-order valence-electron chi connectivity index (χ4n) is 3.46. The van der Waals surface area contributed by atoms with Gasteiger partial charge in [-0.2, -0.15) is 13.2 Å². The fourth-order valence-corrected chi connectivity index (χ4v) is 3.46. The van der Waals surface area contributed by atoms with Crippen LogP contribution in [0.15, 0.2) is 24.3 Å². The van der Waals surface area contributed by atoms with E-state index in [0.717, 1.165) is 24.3 Å². The van der Waals surface area contributed by atoms with Crippen LogP contribution in [0.5, 0.6) is 0 Å². The maximum absolute atomic E-state index is 13.8. The number of halogens is 5. The molecule has 0 aliphatic carbocycles. The van der Waals surface area contributed by atoms with E-state index in [1.54, 1.807) is 0 Å². The largest absolute Gasteiger partial charge is 0.478 e. The van der Waals surface area contributed by atoms with Crippen LogP contribution in [0.4, 0.5) is 22.0 Å². The van der Waals surface area contributed by atoms with Crippen molar-refractivity contribution in [3.8, 4) is 0 Å². The Hall–Kier alpha value is -3.08. The van der Waals surface area contributed by atoms with Gasteiger partial charge in [-0.25, -0.2) is 18.6 Å². The van der Waals surface area contributed by atoms with Crippen molar-refractivity contribution in [2.45, 2.75) is 38.0 Å². The number of benzene rings is 1. The molecule has 166 valence electrons. The van der Waals surface area contributed by atoms with Gasteiger partial charge in [0.2, 0.25) is 5.91 Å². The van der Waals surface area contributed by atoms with E-state index in [1.807, 2.05) is 0 Å². The summed E-state index contributed by atoms with van der Waals surface area (Å²) in [6, 6.07) is 3.00. The molecule has 1 atom stereocenters. The molecular weight excluding hydrogens is 425 g/mol. The maximum Gasteiger partial charge on any atom is 0.434 e. The van der Waals surface area contributed by atoms with E-state index < -0.39 is 47.0 Å². The van der Waals surface area contributed by atoms with E-state index in [-0.39, 0.29) is 43.6 Å². The molecule has 0 saturated carbocycles. The number of amides is 1. The van der Waals surface area contributed by atoms with E-state index >= 15 is 0 Å². The molecule has 3 rings (SSSR count).